The van der Waals surface area contributed by atoms with Crippen LogP contribution in [0.3, 0.4) is 0 Å². The number of carbonyl (C=O) groups is 1. The van der Waals surface area contributed by atoms with Crippen LogP contribution in [0.15, 0.2) is 42.5 Å². The van der Waals surface area contributed by atoms with Crippen LogP contribution in [0.4, 0.5) is 28.2 Å². The lowest BCUT2D eigenvalue weighted by Crippen LogP contribution is -2.30. The van der Waals surface area contributed by atoms with Crippen LogP contribution in [0.25, 0.3) is 22.0 Å². The summed E-state index contributed by atoms with van der Waals surface area (Å²) in [5, 5.41) is 15.6. The van der Waals surface area contributed by atoms with Crippen LogP contribution in [-0.2, 0) is 34.1 Å². The van der Waals surface area contributed by atoms with E-state index in [0.717, 1.165) is 16.8 Å². The highest BCUT2D eigenvalue weighted by molar-refractivity contribution is 7.93. The Morgan fingerprint density at radius 3 is 2.40 bits per heavy atom. The van der Waals surface area contributed by atoms with E-state index in [4.69, 9.17) is 11.6 Å². The summed E-state index contributed by atoms with van der Waals surface area (Å²) in [7, 11) is -3.92. The largest absolute Gasteiger partial charge is 0.465 e. The third-order valence-electron chi connectivity index (χ3n) is 7.57. The molecule has 1 unspecified atom stereocenters. The summed E-state index contributed by atoms with van der Waals surface area (Å²) in [6.45, 7) is 2.28. The predicted octanol–water partition coefficient (Wildman–Crippen LogP) is 6.35. The van der Waals surface area contributed by atoms with E-state index in [2.05, 4.69) is 32.0 Å². The van der Waals surface area contributed by atoms with Crippen molar-refractivity contribution < 1.29 is 44.6 Å². The van der Waals surface area contributed by atoms with Crippen molar-refractivity contribution in [1.82, 2.24) is 20.1 Å². The third-order valence-corrected chi connectivity index (χ3v) is 10.7. The summed E-state index contributed by atoms with van der Waals surface area (Å²) in [6.07, 6.45) is -3.96. The Balaban J connectivity index is 1.76. The number of rotatable bonds is 12. The summed E-state index contributed by atoms with van der Waals surface area (Å²) in [6, 6.07) is 7.11. The fourth-order valence-electron chi connectivity index (χ4n) is 5.37. The fraction of sp³-hybridized carbons (Fsp3) is 0.344. The molecule has 2 aromatic heterocycles. The molecule has 0 radical (unpaired) electrons. The molecule has 5 rings (SSSR count). The Labute approximate surface area is 291 Å². The SMILES string of the molecule is CC(C)(C#Cc1ccc(-c2ccc(Cl)c3c(NS(=O)(=O)C4CC4)nn(CC(F)F)c23)c([C@H](Cc2cc(F)cc(F)c2)NC(=O)O)n1)CS(=O)O. The average molecular weight is 756 g/mol. The highest BCUT2D eigenvalue weighted by Gasteiger charge is 2.37. The quantitative estimate of drug-likeness (QED) is 0.0739. The Morgan fingerprint density at radius 2 is 1.80 bits per heavy atom. The van der Waals surface area contributed by atoms with Crippen LogP contribution in [-0.4, -0.2) is 60.6 Å². The summed E-state index contributed by atoms with van der Waals surface area (Å²) >= 11 is 4.37. The van der Waals surface area contributed by atoms with Crippen molar-refractivity contribution in [2.45, 2.75) is 57.4 Å². The number of amides is 1. The molecule has 50 heavy (non-hydrogen) atoms. The number of anilines is 1. The maximum atomic E-state index is 14.2. The van der Waals surface area contributed by atoms with Gasteiger partial charge in [0.1, 0.15) is 23.9 Å². The van der Waals surface area contributed by atoms with Gasteiger partial charge in [-0.05, 0) is 74.9 Å². The number of sulfonamides is 1. The minimum Gasteiger partial charge on any atom is -0.465 e. The van der Waals surface area contributed by atoms with Crippen molar-refractivity contribution >= 4 is 55.5 Å². The first kappa shape index (κ1) is 37.0. The standard InChI is InChI=1S/C32H30ClF4N5O6S2/c1-32(2,16-49(45)46)10-9-20-3-6-22(28(38-20)25(39-31(43)44)13-17-11-18(34)14-19(35)12-17)23-7-8-24(33)27-29(23)42(15-26(36)37)40-30(27)41-50(47,48)21-4-5-21/h3,6-8,11-12,14,21,25-26,39H,4-5,13,15-16H2,1-2H3,(H,40,41)(H,43,44)(H,45,46)/t25-/m0/s1. The van der Waals surface area contributed by atoms with E-state index in [-0.39, 0.29) is 62.0 Å². The van der Waals surface area contributed by atoms with Gasteiger partial charge < -0.3 is 15.0 Å². The number of alkyl halides is 2. The fourth-order valence-corrected chi connectivity index (χ4v) is 7.64. The number of halogens is 5. The topological polar surface area (TPSA) is 164 Å². The van der Waals surface area contributed by atoms with E-state index in [0.29, 0.717) is 18.9 Å². The number of hydrogen-bond acceptors (Lipinski definition) is 6. The minimum absolute atomic E-state index is 0.00226. The van der Waals surface area contributed by atoms with Gasteiger partial charge in [-0.1, -0.05) is 23.6 Å². The molecule has 0 saturated heterocycles. The maximum absolute atomic E-state index is 14.2. The molecule has 4 N–H and O–H groups in total. The zero-order valence-electron chi connectivity index (χ0n) is 26.4. The third kappa shape index (κ3) is 8.91. The molecule has 18 heteroatoms. The summed E-state index contributed by atoms with van der Waals surface area (Å²) in [4.78, 5) is 16.7. The first-order valence-electron chi connectivity index (χ1n) is 15.0. The van der Waals surface area contributed by atoms with Gasteiger partial charge in [0, 0.05) is 22.6 Å². The summed E-state index contributed by atoms with van der Waals surface area (Å²) in [5.41, 5.74) is -0.589. The van der Waals surface area contributed by atoms with E-state index in [1.165, 1.54) is 24.3 Å². The number of aromatic nitrogens is 3. The molecule has 4 aromatic rings. The van der Waals surface area contributed by atoms with Crippen molar-refractivity contribution in [2.24, 2.45) is 5.41 Å². The molecule has 1 saturated carbocycles. The molecule has 0 bridgehead atoms. The average Bonchev–Trinajstić information content (AvgIpc) is 3.79. The molecule has 1 amide bonds. The van der Waals surface area contributed by atoms with Crippen molar-refractivity contribution in [1.29, 1.82) is 0 Å². The van der Waals surface area contributed by atoms with E-state index in [9.17, 15) is 44.6 Å². The zero-order valence-corrected chi connectivity index (χ0v) is 28.8. The second kappa shape index (κ2) is 14.5. The van der Waals surface area contributed by atoms with Crippen LogP contribution >= 0.6 is 11.6 Å². The highest BCUT2D eigenvalue weighted by Crippen LogP contribution is 2.41. The lowest BCUT2D eigenvalue weighted by molar-refractivity contribution is 0.123. The van der Waals surface area contributed by atoms with Gasteiger partial charge in [0.15, 0.2) is 16.9 Å². The molecule has 2 atom stereocenters. The van der Waals surface area contributed by atoms with Gasteiger partial charge in [-0.3, -0.25) is 9.40 Å². The molecule has 266 valence electrons. The molecule has 1 aliphatic rings. The van der Waals surface area contributed by atoms with Gasteiger partial charge in [0.25, 0.3) is 6.43 Å². The Kier molecular flexibility index (Phi) is 10.8. The molecule has 11 nitrogen and oxygen atoms in total. The zero-order chi connectivity index (χ0) is 36.5. The second-order valence-corrected chi connectivity index (χ2v) is 15.6. The number of fused-ring (bicyclic) bond motifs is 1. The van der Waals surface area contributed by atoms with Crippen molar-refractivity contribution in [3.05, 3.63) is 76.1 Å². The first-order valence-corrected chi connectivity index (χ1v) is 18.2. The molecule has 2 heterocycles. The molecule has 0 aliphatic heterocycles. The smallest absolute Gasteiger partial charge is 0.405 e. The number of pyridine rings is 1. The lowest BCUT2D eigenvalue weighted by atomic mass is 9.93. The summed E-state index contributed by atoms with van der Waals surface area (Å²) < 4.78 is 106. The van der Waals surface area contributed by atoms with Crippen LogP contribution in [0, 0.1) is 28.9 Å². The van der Waals surface area contributed by atoms with E-state index in [1.807, 2.05) is 0 Å². The maximum Gasteiger partial charge on any atom is 0.405 e. The number of benzene rings is 2. The Bertz CT molecular complexity index is 2150. The van der Waals surface area contributed by atoms with E-state index in [1.54, 1.807) is 13.8 Å². The van der Waals surface area contributed by atoms with E-state index < -0.39 is 68.5 Å². The number of nitrogens with zero attached hydrogens (tertiary/aromatic N) is 3. The van der Waals surface area contributed by atoms with Crippen molar-refractivity contribution in [2.75, 3.05) is 10.5 Å². The van der Waals surface area contributed by atoms with Crippen LogP contribution < -0.4 is 10.0 Å². The van der Waals surface area contributed by atoms with Crippen LogP contribution in [0.1, 0.15) is 49.7 Å². The van der Waals surface area contributed by atoms with Crippen LogP contribution in [0.2, 0.25) is 5.02 Å². The number of hydrogen-bond donors (Lipinski definition) is 4. The lowest BCUT2D eigenvalue weighted by Gasteiger charge is -2.21. The van der Waals surface area contributed by atoms with Gasteiger partial charge in [-0.25, -0.2) is 40.0 Å². The van der Waals surface area contributed by atoms with Gasteiger partial charge in [-0.2, -0.15) is 5.10 Å². The minimum atomic E-state index is -3.92. The number of nitrogens with one attached hydrogen (secondary N) is 2. The monoisotopic (exact) mass is 755 g/mol. The van der Waals surface area contributed by atoms with Gasteiger partial charge in [0.2, 0.25) is 10.0 Å². The molecule has 1 aliphatic carbocycles. The predicted molar refractivity (Wildman–Crippen MR) is 180 cm³/mol. The first-order chi connectivity index (χ1) is 23.4. The van der Waals surface area contributed by atoms with Gasteiger partial charge in [0.05, 0.1) is 38.7 Å². The molecule has 2 aromatic carbocycles. The molecule has 0 spiro atoms. The Hall–Kier alpha value is -4.24. The molecular weight excluding hydrogens is 726 g/mol. The van der Waals surface area contributed by atoms with E-state index >= 15 is 0 Å². The molecular formula is C32H30ClF4N5O6S2. The van der Waals surface area contributed by atoms with Gasteiger partial charge in [-0.15, -0.1) is 0 Å². The number of carboxylic acid groups (broad SMARTS) is 1. The normalized spacial score (nSPS) is 14.7. The highest BCUT2D eigenvalue weighted by atomic mass is 35.5. The molecule has 1 fully saturated rings. The Morgan fingerprint density at radius 1 is 1.14 bits per heavy atom. The van der Waals surface area contributed by atoms with Crippen molar-refractivity contribution in [3.63, 3.8) is 0 Å². The van der Waals surface area contributed by atoms with Crippen molar-refractivity contribution in [3.8, 4) is 23.0 Å². The second-order valence-electron chi connectivity index (χ2n) is 12.3. The van der Waals surface area contributed by atoms with Crippen LogP contribution in [0.5, 0.6) is 0 Å². The van der Waals surface area contributed by atoms with Gasteiger partial charge >= 0.3 is 6.09 Å². The summed E-state index contributed by atoms with van der Waals surface area (Å²) in [5.74, 6) is 3.37.